The molecule has 2 aliphatic heterocycles. The Balaban J connectivity index is 1.85. The number of likely N-dealkylation sites (tertiary alicyclic amines) is 1. The predicted molar refractivity (Wildman–Crippen MR) is 179 cm³/mol. The van der Waals surface area contributed by atoms with E-state index in [9.17, 15) is 32.4 Å². The monoisotopic (exact) mass is 680 g/mol. The average molecular weight is 681 g/mol. The van der Waals surface area contributed by atoms with Gasteiger partial charge in [0.1, 0.15) is 12.1 Å². The number of ketones is 1. The van der Waals surface area contributed by atoms with Crippen LogP contribution in [0.5, 0.6) is 0 Å². The van der Waals surface area contributed by atoms with Crippen molar-refractivity contribution in [2.45, 2.75) is 118 Å². The van der Waals surface area contributed by atoms with Gasteiger partial charge in [-0.05, 0) is 49.9 Å². The summed E-state index contributed by atoms with van der Waals surface area (Å²) >= 11 is 0. The highest BCUT2D eigenvalue weighted by Crippen LogP contribution is 2.33. The van der Waals surface area contributed by atoms with E-state index < -0.39 is 74.6 Å². The molecule has 3 fully saturated rings. The van der Waals surface area contributed by atoms with Crippen molar-refractivity contribution in [2.75, 3.05) is 25.4 Å². The number of allylic oxidation sites excluding steroid dienone is 1. The van der Waals surface area contributed by atoms with Gasteiger partial charge in [0, 0.05) is 31.6 Å². The fourth-order valence-electron chi connectivity index (χ4n) is 6.51. The van der Waals surface area contributed by atoms with Crippen LogP contribution in [0.2, 0.25) is 0 Å². The third kappa shape index (κ3) is 10.0. The lowest BCUT2D eigenvalue weighted by Crippen LogP contribution is -2.62. The van der Waals surface area contributed by atoms with E-state index >= 15 is 0 Å². The van der Waals surface area contributed by atoms with E-state index in [1.165, 1.54) is 9.21 Å². The summed E-state index contributed by atoms with van der Waals surface area (Å²) in [4.78, 5) is 67.9. The van der Waals surface area contributed by atoms with Crippen molar-refractivity contribution >= 4 is 39.6 Å². The quantitative estimate of drug-likeness (QED) is 0.179. The van der Waals surface area contributed by atoms with Crippen LogP contribution in [0.1, 0.15) is 93.9 Å². The van der Waals surface area contributed by atoms with E-state index in [4.69, 9.17) is 5.73 Å². The number of carbonyl (C=O) groups is 5. The van der Waals surface area contributed by atoms with Gasteiger partial charge < -0.3 is 26.6 Å². The second kappa shape index (κ2) is 15.0. The Bertz CT molecular complexity index is 1340. The summed E-state index contributed by atoms with van der Waals surface area (Å²) in [5.41, 5.74) is 5.02. The van der Waals surface area contributed by atoms with Crippen molar-refractivity contribution < 1.29 is 32.4 Å². The first-order valence-corrected chi connectivity index (χ1v) is 18.4. The third-order valence-corrected chi connectivity index (χ3v) is 11.5. The molecule has 266 valence electrons. The largest absolute Gasteiger partial charge is 0.363 e. The molecule has 5 N–H and O–H groups in total. The molecule has 0 bridgehead atoms. The summed E-state index contributed by atoms with van der Waals surface area (Å²) in [6.07, 6.45) is 6.08. The minimum atomic E-state index is -3.39. The van der Waals surface area contributed by atoms with Crippen molar-refractivity contribution in [2.24, 2.45) is 28.4 Å². The normalized spacial score (nSPS) is 23.6. The Morgan fingerprint density at radius 2 is 1.53 bits per heavy atom. The molecule has 0 radical (unpaired) electrons. The number of urea groups is 1. The number of rotatable bonds is 12. The second-order valence-corrected chi connectivity index (χ2v) is 17.9. The highest BCUT2D eigenvalue weighted by Gasteiger charge is 2.47. The molecular weight excluding hydrogens is 624 g/mol. The maximum atomic E-state index is 14.3. The Labute approximate surface area is 280 Å². The van der Waals surface area contributed by atoms with Crippen LogP contribution in [0, 0.1) is 22.7 Å². The minimum Gasteiger partial charge on any atom is -0.363 e. The summed E-state index contributed by atoms with van der Waals surface area (Å²) < 4.78 is 26.4. The van der Waals surface area contributed by atoms with Gasteiger partial charge in [0.2, 0.25) is 27.6 Å². The maximum Gasteiger partial charge on any atom is 0.315 e. The molecule has 1 unspecified atom stereocenters. The van der Waals surface area contributed by atoms with Crippen LogP contribution in [0.25, 0.3) is 0 Å². The first kappa shape index (κ1) is 38.4. The van der Waals surface area contributed by atoms with E-state index in [1.807, 2.05) is 61.5 Å². The van der Waals surface area contributed by atoms with Crippen molar-refractivity contribution in [1.29, 1.82) is 0 Å². The molecule has 2 saturated heterocycles. The Morgan fingerprint density at radius 1 is 0.894 bits per heavy atom. The fourth-order valence-corrected chi connectivity index (χ4v) is 8.04. The van der Waals surface area contributed by atoms with Gasteiger partial charge in [-0.15, -0.1) is 0 Å². The highest BCUT2D eigenvalue weighted by atomic mass is 32.2. The Morgan fingerprint density at radius 3 is 2.00 bits per heavy atom. The number of sulfonamides is 1. The molecule has 1 saturated carbocycles. The third-order valence-electron chi connectivity index (χ3n) is 9.54. The molecule has 1 aliphatic carbocycles. The van der Waals surface area contributed by atoms with Crippen molar-refractivity contribution in [3.8, 4) is 0 Å². The lowest BCUT2D eigenvalue weighted by atomic mass is 9.80. The molecule has 13 nitrogen and oxygen atoms in total. The van der Waals surface area contributed by atoms with Crippen LogP contribution in [0.4, 0.5) is 4.79 Å². The van der Waals surface area contributed by atoms with Crippen LogP contribution in [-0.2, 0) is 29.2 Å². The zero-order valence-corrected chi connectivity index (χ0v) is 30.2. The molecule has 3 rings (SSSR count). The lowest BCUT2D eigenvalue weighted by molar-refractivity contribution is -0.144. The fraction of sp³-hybridized carbons (Fsp3) is 0.788. The van der Waals surface area contributed by atoms with Gasteiger partial charge in [-0.25, -0.2) is 13.2 Å². The van der Waals surface area contributed by atoms with Gasteiger partial charge in [0.15, 0.2) is 0 Å². The van der Waals surface area contributed by atoms with Crippen molar-refractivity contribution in [1.82, 2.24) is 25.2 Å². The van der Waals surface area contributed by atoms with Crippen molar-refractivity contribution in [3.63, 3.8) is 0 Å². The SMILES string of the molecule is CC(C)=C[C@H]1CCN(C(=O)[C@@H](NC(=O)N[C@H](CN2CCCS2(=O)=O)C(C)(C)C)C(C)(C)C)[C@@H]1C(=O)NC(CC1CCC1)C(=O)C(N)=O. The molecule has 0 aromatic rings. The topological polar surface area (TPSA) is 188 Å². The van der Waals surface area contributed by atoms with Gasteiger partial charge in [0.25, 0.3) is 5.91 Å². The van der Waals surface area contributed by atoms with E-state index in [0.717, 1.165) is 24.8 Å². The number of carbonyl (C=O) groups excluding carboxylic acids is 5. The number of nitrogens with zero attached hydrogens (tertiary/aromatic N) is 2. The number of nitrogens with two attached hydrogens (primary N) is 1. The number of hydrogen-bond acceptors (Lipinski definition) is 7. The summed E-state index contributed by atoms with van der Waals surface area (Å²) in [5.74, 6) is -3.05. The molecule has 3 aliphatic rings. The molecule has 2 heterocycles. The zero-order valence-electron chi connectivity index (χ0n) is 29.4. The molecule has 5 amide bonds. The predicted octanol–water partition coefficient (Wildman–Crippen LogP) is 2.06. The number of amides is 5. The van der Waals surface area contributed by atoms with Gasteiger partial charge in [0.05, 0.1) is 11.8 Å². The maximum absolute atomic E-state index is 14.3. The minimum absolute atomic E-state index is 0.0764. The van der Waals surface area contributed by atoms with Gasteiger partial charge in [-0.3, -0.25) is 19.2 Å². The van der Waals surface area contributed by atoms with Crippen molar-refractivity contribution in [3.05, 3.63) is 11.6 Å². The number of nitrogens with one attached hydrogen (secondary N) is 3. The zero-order chi connectivity index (χ0) is 35.5. The number of hydrogen-bond donors (Lipinski definition) is 4. The van der Waals surface area contributed by atoms with Crippen LogP contribution in [0.15, 0.2) is 11.6 Å². The summed E-state index contributed by atoms with van der Waals surface area (Å²) in [7, 11) is -3.39. The molecule has 0 aromatic carbocycles. The molecule has 0 aromatic heterocycles. The summed E-state index contributed by atoms with van der Waals surface area (Å²) in [6, 6.07) is -4.26. The molecular formula is C33H56N6O7S. The van der Waals surface area contributed by atoms with E-state index in [0.29, 0.717) is 25.8 Å². The number of primary amides is 1. The van der Waals surface area contributed by atoms with E-state index in [-0.39, 0.29) is 30.7 Å². The summed E-state index contributed by atoms with van der Waals surface area (Å²) in [5, 5.41) is 8.52. The van der Waals surface area contributed by atoms with Crippen LogP contribution < -0.4 is 21.7 Å². The van der Waals surface area contributed by atoms with E-state index in [1.54, 1.807) is 0 Å². The Hall–Kier alpha value is -3.00. The first-order chi connectivity index (χ1) is 21.6. The van der Waals surface area contributed by atoms with Crippen LogP contribution in [-0.4, -0.2) is 96.7 Å². The highest BCUT2D eigenvalue weighted by molar-refractivity contribution is 7.89. The Kier molecular flexibility index (Phi) is 12.3. The smallest absolute Gasteiger partial charge is 0.315 e. The molecule has 14 heteroatoms. The standard InChI is InChI=1S/C33H56N6O7S/c1-20(2)17-22-13-15-39(25(22)29(42)35-23(26(40)28(34)41)18-21-11-9-12-21)30(43)27(33(6,7)8)37-31(44)36-24(32(3,4)5)19-38-14-10-16-47(38,45)46/h17,21-25,27H,9-16,18-19H2,1-8H3,(H2,34,41)(H,35,42)(H2,36,37,44)/t22-,23?,24-,25+,27-/m1/s1. The molecule has 0 spiro atoms. The van der Waals surface area contributed by atoms with Gasteiger partial charge in [-0.2, -0.15) is 4.31 Å². The molecule has 47 heavy (non-hydrogen) atoms. The van der Waals surface area contributed by atoms with E-state index in [2.05, 4.69) is 16.0 Å². The van der Waals surface area contributed by atoms with Gasteiger partial charge >= 0.3 is 6.03 Å². The van der Waals surface area contributed by atoms with Crippen LogP contribution in [0.3, 0.4) is 0 Å². The first-order valence-electron chi connectivity index (χ1n) is 16.8. The second-order valence-electron chi connectivity index (χ2n) is 15.9. The van der Waals surface area contributed by atoms with Gasteiger partial charge in [-0.1, -0.05) is 72.5 Å². The summed E-state index contributed by atoms with van der Waals surface area (Å²) in [6.45, 7) is 15.7. The average Bonchev–Trinajstić information content (AvgIpc) is 3.47. The molecule has 5 atom stereocenters. The lowest BCUT2D eigenvalue weighted by Gasteiger charge is -2.38. The number of Topliss-reactive ketones (excluding diaryl/α,β-unsaturated/α-hetero) is 1. The van der Waals surface area contributed by atoms with Crippen LogP contribution >= 0.6 is 0 Å².